The van der Waals surface area contributed by atoms with Gasteiger partial charge in [-0.2, -0.15) is 0 Å². The minimum Gasteiger partial charge on any atom is -0.0651 e. The van der Waals surface area contributed by atoms with Gasteiger partial charge in [0.25, 0.3) is 0 Å². The van der Waals surface area contributed by atoms with Gasteiger partial charge >= 0.3 is 0 Å². The van der Waals surface area contributed by atoms with Crippen molar-refractivity contribution in [2.75, 3.05) is 0 Å². The highest BCUT2D eigenvalue weighted by atomic mass is 14.3. The largest absolute Gasteiger partial charge is 0.0651 e. The summed E-state index contributed by atoms with van der Waals surface area (Å²) in [5.41, 5.74) is 0.684. The zero-order chi connectivity index (χ0) is 9.03. The van der Waals surface area contributed by atoms with E-state index in [0.29, 0.717) is 5.41 Å². The van der Waals surface area contributed by atoms with Gasteiger partial charge in [0.15, 0.2) is 0 Å². The van der Waals surface area contributed by atoms with E-state index in [2.05, 4.69) is 20.8 Å². The summed E-state index contributed by atoms with van der Waals surface area (Å²) in [6, 6.07) is 0. The first kappa shape index (κ1) is 10.1. The van der Waals surface area contributed by atoms with Gasteiger partial charge in [-0.1, -0.05) is 46.5 Å². The van der Waals surface area contributed by atoms with Crippen LogP contribution in [0.1, 0.15) is 65.7 Å². The lowest BCUT2D eigenvalue weighted by atomic mass is 9.80. The number of hydrogen-bond donors (Lipinski definition) is 0. The van der Waals surface area contributed by atoms with E-state index < -0.39 is 0 Å². The van der Waals surface area contributed by atoms with Gasteiger partial charge in [-0.3, -0.25) is 0 Å². The molecule has 12 heavy (non-hydrogen) atoms. The topological polar surface area (TPSA) is 0 Å². The second kappa shape index (κ2) is 4.30. The summed E-state index contributed by atoms with van der Waals surface area (Å²) >= 11 is 0. The average molecular weight is 168 g/mol. The summed E-state index contributed by atoms with van der Waals surface area (Å²) in [6.07, 6.45) is 10.2. The third-order valence-corrected chi connectivity index (χ3v) is 3.98. The smallest absolute Gasteiger partial charge is 0.0328 e. The Balaban J connectivity index is 2.44. The van der Waals surface area contributed by atoms with Crippen LogP contribution in [-0.2, 0) is 0 Å². The van der Waals surface area contributed by atoms with Gasteiger partial charge < -0.3 is 0 Å². The van der Waals surface area contributed by atoms with Crippen molar-refractivity contribution in [3.05, 3.63) is 0 Å². The van der Waals surface area contributed by atoms with Crippen molar-refractivity contribution in [3.8, 4) is 0 Å². The summed E-state index contributed by atoms with van der Waals surface area (Å²) in [5.74, 6) is 1.04. The Kier molecular flexibility index (Phi) is 3.61. The Hall–Kier alpha value is 0. The van der Waals surface area contributed by atoms with Gasteiger partial charge in [0.2, 0.25) is 0 Å². The van der Waals surface area contributed by atoms with E-state index in [-0.39, 0.29) is 0 Å². The molecule has 0 bridgehead atoms. The Morgan fingerprint density at radius 2 is 1.92 bits per heavy atom. The van der Waals surface area contributed by atoms with Crippen molar-refractivity contribution >= 4 is 0 Å². The molecular formula is C12H24. The highest BCUT2D eigenvalue weighted by Crippen LogP contribution is 2.39. The predicted molar refractivity (Wildman–Crippen MR) is 55.3 cm³/mol. The molecule has 1 fully saturated rings. The van der Waals surface area contributed by atoms with E-state index in [1.54, 1.807) is 0 Å². The third-order valence-electron chi connectivity index (χ3n) is 3.98. The van der Waals surface area contributed by atoms with Crippen LogP contribution in [-0.4, -0.2) is 0 Å². The summed E-state index contributed by atoms with van der Waals surface area (Å²) < 4.78 is 0. The molecule has 0 saturated heterocycles. The third kappa shape index (κ3) is 2.50. The first-order valence-corrected chi connectivity index (χ1v) is 5.70. The maximum atomic E-state index is 2.48. The highest BCUT2D eigenvalue weighted by molar-refractivity contribution is 4.78. The molecule has 0 nitrogen and oxygen atoms in total. The van der Waals surface area contributed by atoms with Gasteiger partial charge in [0.05, 0.1) is 0 Å². The van der Waals surface area contributed by atoms with Crippen LogP contribution in [0.4, 0.5) is 0 Å². The predicted octanol–water partition coefficient (Wildman–Crippen LogP) is 4.39. The van der Waals surface area contributed by atoms with Crippen LogP contribution >= 0.6 is 0 Å². The van der Waals surface area contributed by atoms with Crippen molar-refractivity contribution in [3.63, 3.8) is 0 Å². The minimum absolute atomic E-state index is 0.684. The Morgan fingerprint density at radius 1 is 1.17 bits per heavy atom. The molecule has 0 heterocycles. The minimum atomic E-state index is 0.684. The number of hydrogen-bond acceptors (Lipinski definition) is 0. The molecule has 0 spiro atoms. The Morgan fingerprint density at radius 3 is 2.50 bits per heavy atom. The molecule has 0 aromatic carbocycles. The van der Waals surface area contributed by atoms with E-state index in [0.717, 1.165) is 5.92 Å². The molecule has 1 aliphatic rings. The monoisotopic (exact) mass is 168 g/mol. The van der Waals surface area contributed by atoms with Crippen molar-refractivity contribution in [2.45, 2.75) is 65.7 Å². The van der Waals surface area contributed by atoms with Crippen molar-refractivity contribution < 1.29 is 0 Å². The summed E-state index contributed by atoms with van der Waals surface area (Å²) in [4.78, 5) is 0. The van der Waals surface area contributed by atoms with Crippen LogP contribution in [0.3, 0.4) is 0 Å². The molecular weight excluding hydrogens is 144 g/mol. The van der Waals surface area contributed by atoms with Crippen LogP contribution in [0.2, 0.25) is 0 Å². The van der Waals surface area contributed by atoms with Crippen molar-refractivity contribution in [1.29, 1.82) is 0 Å². The SMILES string of the molecule is CCC1CCCC(C)(CC)CC1. The first-order chi connectivity index (χ1) is 5.70. The quantitative estimate of drug-likeness (QED) is 0.536. The molecule has 0 heteroatoms. The van der Waals surface area contributed by atoms with E-state index >= 15 is 0 Å². The molecule has 2 atom stereocenters. The average Bonchev–Trinajstić information content (AvgIpc) is 2.28. The van der Waals surface area contributed by atoms with Crippen molar-refractivity contribution in [1.82, 2.24) is 0 Å². The van der Waals surface area contributed by atoms with Crippen LogP contribution in [0, 0.1) is 11.3 Å². The molecule has 1 aliphatic carbocycles. The molecule has 0 aromatic rings. The van der Waals surface area contributed by atoms with Crippen LogP contribution in [0.5, 0.6) is 0 Å². The van der Waals surface area contributed by atoms with Gasteiger partial charge in [-0.05, 0) is 30.6 Å². The molecule has 2 unspecified atom stereocenters. The lowest BCUT2D eigenvalue weighted by Crippen LogP contribution is -2.13. The fraction of sp³-hybridized carbons (Fsp3) is 1.00. The molecule has 1 saturated carbocycles. The van der Waals surface area contributed by atoms with Crippen LogP contribution in [0.25, 0.3) is 0 Å². The molecule has 0 N–H and O–H groups in total. The molecule has 0 amide bonds. The first-order valence-electron chi connectivity index (χ1n) is 5.70. The van der Waals surface area contributed by atoms with Gasteiger partial charge in [0.1, 0.15) is 0 Å². The van der Waals surface area contributed by atoms with Crippen LogP contribution < -0.4 is 0 Å². The zero-order valence-corrected chi connectivity index (χ0v) is 9.03. The van der Waals surface area contributed by atoms with E-state index in [9.17, 15) is 0 Å². The lowest BCUT2D eigenvalue weighted by Gasteiger charge is -2.26. The summed E-state index contributed by atoms with van der Waals surface area (Å²) in [5, 5.41) is 0. The second-order valence-corrected chi connectivity index (χ2v) is 4.87. The number of rotatable bonds is 2. The fourth-order valence-electron chi connectivity index (χ4n) is 2.40. The normalized spacial score (nSPS) is 37.8. The standard InChI is InChI=1S/C12H24/c1-4-11-7-6-9-12(3,5-2)10-8-11/h11H,4-10H2,1-3H3. The lowest BCUT2D eigenvalue weighted by molar-refractivity contribution is 0.261. The molecule has 1 rings (SSSR count). The fourth-order valence-corrected chi connectivity index (χ4v) is 2.40. The van der Waals surface area contributed by atoms with E-state index in [1.165, 1.54) is 44.9 Å². The summed E-state index contributed by atoms with van der Waals surface area (Å²) in [6.45, 7) is 7.18. The molecule has 0 radical (unpaired) electrons. The Labute approximate surface area is 77.7 Å². The van der Waals surface area contributed by atoms with E-state index in [1.807, 2.05) is 0 Å². The maximum absolute atomic E-state index is 2.48. The molecule has 72 valence electrons. The van der Waals surface area contributed by atoms with Crippen molar-refractivity contribution in [2.24, 2.45) is 11.3 Å². The van der Waals surface area contributed by atoms with Gasteiger partial charge in [0, 0.05) is 0 Å². The van der Waals surface area contributed by atoms with Gasteiger partial charge in [-0.25, -0.2) is 0 Å². The summed E-state index contributed by atoms with van der Waals surface area (Å²) in [7, 11) is 0. The zero-order valence-electron chi connectivity index (χ0n) is 9.03. The van der Waals surface area contributed by atoms with E-state index in [4.69, 9.17) is 0 Å². The Bertz CT molecular complexity index is 128. The second-order valence-electron chi connectivity index (χ2n) is 4.87. The molecule has 0 aromatic heterocycles. The van der Waals surface area contributed by atoms with Gasteiger partial charge in [-0.15, -0.1) is 0 Å². The van der Waals surface area contributed by atoms with Crippen LogP contribution in [0.15, 0.2) is 0 Å². The molecule has 0 aliphatic heterocycles. The highest BCUT2D eigenvalue weighted by Gasteiger charge is 2.25. The maximum Gasteiger partial charge on any atom is -0.0328 e.